The van der Waals surface area contributed by atoms with E-state index in [1.807, 2.05) is 18.3 Å². The second-order valence-electron chi connectivity index (χ2n) is 6.15. The lowest BCUT2D eigenvalue weighted by atomic mass is 9.90. The number of carbonyl (C=O) groups excluding carboxylic acids is 1. The number of H-pyrrole nitrogens is 1. The van der Waals surface area contributed by atoms with Gasteiger partial charge in [-0.1, -0.05) is 0 Å². The molecule has 1 aliphatic rings. The van der Waals surface area contributed by atoms with E-state index in [-0.39, 0.29) is 11.0 Å². The predicted molar refractivity (Wildman–Crippen MR) is 95.8 cm³/mol. The summed E-state index contributed by atoms with van der Waals surface area (Å²) in [6.07, 6.45) is 5.82. The number of aromatic nitrogens is 4. The second kappa shape index (κ2) is 6.33. The Morgan fingerprint density at radius 1 is 1.32 bits per heavy atom. The summed E-state index contributed by atoms with van der Waals surface area (Å²) in [6.45, 7) is 1.63. The highest BCUT2D eigenvalue weighted by Gasteiger charge is 2.24. The molecule has 7 nitrogen and oxygen atoms in total. The van der Waals surface area contributed by atoms with Crippen molar-refractivity contribution >= 4 is 34.4 Å². The average Bonchev–Trinajstić information content (AvgIpc) is 3.05. The normalized spacial score (nSPS) is 15.6. The molecule has 8 heteroatoms. The van der Waals surface area contributed by atoms with Crippen molar-refractivity contribution < 1.29 is 4.79 Å². The number of primary amides is 1. The molecule has 25 heavy (non-hydrogen) atoms. The van der Waals surface area contributed by atoms with Crippen molar-refractivity contribution in [3.8, 4) is 0 Å². The molecule has 0 saturated carbocycles. The molecule has 0 atom stereocenters. The number of carbonyl (C=O) groups is 1. The van der Waals surface area contributed by atoms with Gasteiger partial charge in [0.05, 0.1) is 11.0 Å². The lowest BCUT2D eigenvalue weighted by molar-refractivity contribution is 0.0995. The number of halogens is 1. The predicted octanol–water partition coefficient (Wildman–Crippen LogP) is 2.49. The molecule has 1 aliphatic heterocycles. The van der Waals surface area contributed by atoms with Gasteiger partial charge in [-0.3, -0.25) is 9.78 Å². The Balaban J connectivity index is 1.53. The van der Waals surface area contributed by atoms with E-state index in [9.17, 15) is 4.79 Å². The number of nitrogens with one attached hydrogen (secondary N) is 1. The zero-order chi connectivity index (χ0) is 17.4. The fourth-order valence-electron chi connectivity index (χ4n) is 3.40. The zero-order valence-corrected chi connectivity index (χ0v) is 14.2. The van der Waals surface area contributed by atoms with Crippen LogP contribution in [0.3, 0.4) is 0 Å². The van der Waals surface area contributed by atoms with E-state index >= 15 is 0 Å². The van der Waals surface area contributed by atoms with E-state index in [0.29, 0.717) is 11.7 Å². The number of hydrogen-bond donors (Lipinski definition) is 2. The first-order valence-electron chi connectivity index (χ1n) is 8.13. The molecule has 0 unspecified atom stereocenters. The maximum Gasteiger partial charge on any atom is 0.267 e. The van der Waals surface area contributed by atoms with Crippen molar-refractivity contribution in [3.63, 3.8) is 0 Å². The maximum atomic E-state index is 11.4. The van der Waals surface area contributed by atoms with Gasteiger partial charge in [0.1, 0.15) is 11.5 Å². The van der Waals surface area contributed by atoms with Gasteiger partial charge in [0.25, 0.3) is 5.91 Å². The van der Waals surface area contributed by atoms with Crippen LogP contribution in [0, 0.1) is 0 Å². The van der Waals surface area contributed by atoms with Crippen LogP contribution in [-0.4, -0.2) is 38.9 Å². The van der Waals surface area contributed by atoms with Crippen LogP contribution in [0.15, 0.2) is 30.6 Å². The van der Waals surface area contributed by atoms with Crippen molar-refractivity contribution in [2.45, 2.75) is 18.8 Å². The summed E-state index contributed by atoms with van der Waals surface area (Å²) >= 11 is 5.92. The molecule has 0 aliphatic carbocycles. The molecule has 3 N–H and O–H groups in total. The van der Waals surface area contributed by atoms with E-state index < -0.39 is 5.91 Å². The van der Waals surface area contributed by atoms with E-state index in [2.05, 4.69) is 31.0 Å². The van der Waals surface area contributed by atoms with Gasteiger partial charge in [-0.25, -0.2) is 9.97 Å². The summed E-state index contributed by atoms with van der Waals surface area (Å²) in [4.78, 5) is 29.4. The Bertz CT molecular complexity index is 932. The molecular formula is C17H17ClN6O. The summed E-state index contributed by atoms with van der Waals surface area (Å²) in [7, 11) is 0. The molecule has 3 aromatic rings. The summed E-state index contributed by atoms with van der Waals surface area (Å²) < 4.78 is 0. The fraction of sp³-hybridized carbons (Fsp3) is 0.294. The third kappa shape index (κ3) is 3.02. The van der Waals surface area contributed by atoms with Crippen LogP contribution in [-0.2, 0) is 0 Å². The first-order chi connectivity index (χ1) is 12.1. The number of piperidine rings is 1. The highest BCUT2D eigenvalue weighted by atomic mass is 35.5. The van der Waals surface area contributed by atoms with Gasteiger partial charge in [-0.2, -0.15) is 0 Å². The van der Waals surface area contributed by atoms with E-state index in [1.54, 1.807) is 6.07 Å². The quantitative estimate of drug-likeness (QED) is 0.702. The van der Waals surface area contributed by atoms with Crippen LogP contribution in [0.4, 0.5) is 5.82 Å². The monoisotopic (exact) mass is 356 g/mol. The molecule has 0 aromatic carbocycles. The Labute approximate surface area is 149 Å². The largest absolute Gasteiger partial charge is 0.364 e. The number of nitrogens with zero attached hydrogens (tertiary/aromatic N) is 4. The molecule has 128 valence electrons. The summed E-state index contributed by atoms with van der Waals surface area (Å²) in [5.41, 5.74) is 8.81. The number of amides is 1. The summed E-state index contributed by atoms with van der Waals surface area (Å²) in [5, 5.41) is 0.0363. The molecule has 1 saturated heterocycles. The number of aromatic amines is 1. The lowest BCUT2D eigenvalue weighted by Crippen LogP contribution is -2.34. The van der Waals surface area contributed by atoms with E-state index in [1.165, 1.54) is 5.56 Å². The van der Waals surface area contributed by atoms with Crippen LogP contribution < -0.4 is 10.6 Å². The Kier molecular flexibility index (Phi) is 4.01. The van der Waals surface area contributed by atoms with E-state index in [0.717, 1.165) is 37.0 Å². The molecule has 3 aromatic heterocycles. The van der Waals surface area contributed by atoms with Gasteiger partial charge in [0.2, 0.25) is 5.28 Å². The van der Waals surface area contributed by atoms with Crippen molar-refractivity contribution in [1.82, 2.24) is 19.9 Å². The van der Waals surface area contributed by atoms with Crippen LogP contribution in [0.1, 0.15) is 34.8 Å². The number of anilines is 1. The maximum absolute atomic E-state index is 11.4. The molecule has 1 fully saturated rings. The minimum absolute atomic E-state index is 0.0363. The van der Waals surface area contributed by atoms with Crippen LogP contribution in [0.25, 0.3) is 11.0 Å². The Morgan fingerprint density at radius 2 is 2.12 bits per heavy atom. The molecule has 1 amide bonds. The smallest absolute Gasteiger partial charge is 0.267 e. The first kappa shape index (κ1) is 15.8. The second-order valence-corrected chi connectivity index (χ2v) is 6.49. The van der Waals surface area contributed by atoms with Crippen LogP contribution in [0.2, 0.25) is 5.28 Å². The number of hydrogen-bond acceptors (Lipinski definition) is 5. The van der Waals surface area contributed by atoms with Crippen molar-refractivity contribution in [3.05, 3.63) is 47.1 Å². The van der Waals surface area contributed by atoms with Crippen molar-refractivity contribution in [1.29, 1.82) is 0 Å². The van der Waals surface area contributed by atoms with Crippen LogP contribution in [0.5, 0.6) is 0 Å². The number of nitrogens with two attached hydrogens (primary N) is 1. The molecule has 0 bridgehead atoms. The first-order valence-corrected chi connectivity index (χ1v) is 8.51. The molecular weight excluding hydrogens is 340 g/mol. The number of pyridine rings is 1. The highest BCUT2D eigenvalue weighted by Crippen LogP contribution is 2.33. The lowest BCUT2D eigenvalue weighted by Gasteiger charge is -2.32. The standard InChI is InChI=1S/C17H17ClN6O/c18-17-22-13(16(19)25)8-14(23-17)24-6-3-10(4-7-24)11-9-21-12-2-1-5-20-15(11)12/h1-2,5,8-10,21H,3-4,6-7H2,(H2,19,25). The van der Waals surface area contributed by atoms with Crippen molar-refractivity contribution in [2.24, 2.45) is 5.73 Å². The van der Waals surface area contributed by atoms with Crippen LogP contribution >= 0.6 is 11.6 Å². The van der Waals surface area contributed by atoms with Gasteiger partial charge in [0, 0.05) is 31.5 Å². The molecule has 4 rings (SSSR count). The van der Waals surface area contributed by atoms with E-state index in [4.69, 9.17) is 17.3 Å². The minimum atomic E-state index is -0.606. The SMILES string of the molecule is NC(=O)c1cc(N2CCC(c3c[nH]c4cccnc34)CC2)nc(Cl)n1. The molecule has 0 spiro atoms. The summed E-state index contributed by atoms with van der Waals surface area (Å²) in [5.74, 6) is 0.474. The highest BCUT2D eigenvalue weighted by molar-refractivity contribution is 6.28. The van der Waals surface area contributed by atoms with Gasteiger partial charge in [0.15, 0.2) is 0 Å². The third-order valence-electron chi connectivity index (χ3n) is 4.66. The van der Waals surface area contributed by atoms with Gasteiger partial charge in [-0.05, 0) is 48.1 Å². The summed E-state index contributed by atoms with van der Waals surface area (Å²) in [6, 6.07) is 5.57. The molecule has 0 radical (unpaired) electrons. The third-order valence-corrected chi connectivity index (χ3v) is 4.83. The average molecular weight is 357 g/mol. The number of rotatable bonds is 3. The fourth-order valence-corrected chi connectivity index (χ4v) is 3.58. The van der Waals surface area contributed by atoms with Crippen molar-refractivity contribution in [2.75, 3.05) is 18.0 Å². The molecule has 4 heterocycles. The Hall–Kier alpha value is -2.67. The van der Waals surface area contributed by atoms with Gasteiger partial charge < -0.3 is 15.6 Å². The zero-order valence-electron chi connectivity index (χ0n) is 13.4. The topological polar surface area (TPSA) is 101 Å². The van der Waals surface area contributed by atoms with Gasteiger partial charge in [-0.15, -0.1) is 0 Å². The number of fused-ring (bicyclic) bond motifs is 1. The van der Waals surface area contributed by atoms with Gasteiger partial charge >= 0.3 is 0 Å². The minimum Gasteiger partial charge on any atom is -0.364 e. The Morgan fingerprint density at radius 3 is 2.88 bits per heavy atom.